The molecule has 0 aliphatic heterocycles. The minimum Gasteiger partial charge on any atom is -0.496 e. The van der Waals surface area contributed by atoms with Gasteiger partial charge in [-0.3, -0.25) is 4.79 Å². The van der Waals surface area contributed by atoms with Gasteiger partial charge in [0.1, 0.15) is 12.3 Å². The van der Waals surface area contributed by atoms with Crippen molar-refractivity contribution in [1.29, 1.82) is 0 Å². The second-order valence-corrected chi connectivity index (χ2v) is 4.79. The molecule has 1 rings (SSSR count). The first kappa shape index (κ1) is 17.8. The molecule has 2 N–H and O–H groups in total. The number of hydrogen-bond acceptors (Lipinski definition) is 3. The number of carbonyl (C=O) groups excluding carboxylic acids is 1. The van der Waals surface area contributed by atoms with Crippen molar-refractivity contribution >= 4 is 11.9 Å². The van der Waals surface area contributed by atoms with Crippen LogP contribution in [-0.2, 0) is 11.3 Å². The maximum absolute atomic E-state index is 11.5. The topological polar surface area (TPSA) is 66.0 Å². The molecular weight excluding hydrogens is 280 g/mol. The lowest BCUT2D eigenvalue weighted by atomic mass is 10.2. The SMILES string of the molecule is CCNC(=O)CN=C(NCC)N(C)Cc1ccccc1OC. The molecule has 6 nitrogen and oxygen atoms in total. The predicted octanol–water partition coefficient (Wildman–Crippen LogP) is 1.23. The van der Waals surface area contributed by atoms with Crippen molar-refractivity contribution < 1.29 is 9.53 Å². The Morgan fingerprint density at radius 1 is 1.23 bits per heavy atom. The number of nitrogens with one attached hydrogen (secondary N) is 2. The third-order valence-electron chi connectivity index (χ3n) is 3.04. The molecule has 1 aromatic carbocycles. The maximum Gasteiger partial charge on any atom is 0.241 e. The first-order valence-electron chi connectivity index (χ1n) is 7.50. The summed E-state index contributed by atoms with van der Waals surface area (Å²) >= 11 is 0. The number of hydrogen-bond donors (Lipinski definition) is 2. The van der Waals surface area contributed by atoms with E-state index < -0.39 is 0 Å². The molecular formula is C16H26N4O2. The molecule has 0 unspecified atom stereocenters. The summed E-state index contributed by atoms with van der Waals surface area (Å²) in [6, 6.07) is 7.87. The van der Waals surface area contributed by atoms with Crippen LogP contribution in [0.25, 0.3) is 0 Å². The van der Waals surface area contributed by atoms with Gasteiger partial charge in [0.2, 0.25) is 5.91 Å². The van der Waals surface area contributed by atoms with Gasteiger partial charge in [0, 0.05) is 32.2 Å². The molecule has 6 heteroatoms. The monoisotopic (exact) mass is 306 g/mol. The van der Waals surface area contributed by atoms with Gasteiger partial charge in [-0.25, -0.2) is 4.99 Å². The molecule has 1 aromatic rings. The van der Waals surface area contributed by atoms with Crippen LogP contribution >= 0.6 is 0 Å². The first-order valence-corrected chi connectivity index (χ1v) is 7.50. The van der Waals surface area contributed by atoms with Crippen LogP contribution in [0.3, 0.4) is 0 Å². The maximum atomic E-state index is 11.5. The van der Waals surface area contributed by atoms with Gasteiger partial charge >= 0.3 is 0 Å². The van der Waals surface area contributed by atoms with Crippen LogP contribution in [0.4, 0.5) is 0 Å². The number of rotatable bonds is 7. The highest BCUT2D eigenvalue weighted by Gasteiger charge is 2.10. The van der Waals surface area contributed by atoms with Gasteiger partial charge in [-0.05, 0) is 19.9 Å². The molecule has 0 radical (unpaired) electrons. The number of nitrogens with zero attached hydrogens (tertiary/aromatic N) is 2. The minimum absolute atomic E-state index is 0.0800. The van der Waals surface area contributed by atoms with Gasteiger partial charge in [0.25, 0.3) is 0 Å². The zero-order chi connectivity index (χ0) is 16.4. The molecule has 0 saturated carbocycles. The second kappa shape index (κ2) is 9.65. The van der Waals surface area contributed by atoms with E-state index in [1.54, 1.807) is 7.11 Å². The van der Waals surface area contributed by atoms with Crippen LogP contribution < -0.4 is 15.4 Å². The number of likely N-dealkylation sites (N-methyl/N-ethyl adjacent to an activating group) is 1. The van der Waals surface area contributed by atoms with E-state index in [-0.39, 0.29) is 12.5 Å². The molecule has 0 spiro atoms. The summed E-state index contributed by atoms with van der Waals surface area (Å²) < 4.78 is 5.37. The third kappa shape index (κ3) is 5.63. The average molecular weight is 306 g/mol. The molecule has 0 fully saturated rings. The first-order chi connectivity index (χ1) is 10.6. The molecule has 0 bridgehead atoms. The Bertz CT molecular complexity index is 503. The Morgan fingerprint density at radius 3 is 2.55 bits per heavy atom. The predicted molar refractivity (Wildman–Crippen MR) is 89.1 cm³/mol. The lowest BCUT2D eigenvalue weighted by Crippen LogP contribution is -2.39. The van der Waals surface area contributed by atoms with Crippen LogP contribution in [0.15, 0.2) is 29.3 Å². The Kier molecular flexibility index (Phi) is 7.81. The zero-order valence-corrected chi connectivity index (χ0v) is 13.8. The summed E-state index contributed by atoms with van der Waals surface area (Å²) in [6.45, 7) is 6.00. The van der Waals surface area contributed by atoms with E-state index >= 15 is 0 Å². The van der Waals surface area contributed by atoms with E-state index in [0.717, 1.165) is 17.9 Å². The summed E-state index contributed by atoms with van der Waals surface area (Å²) in [5, 5.41) is 5.93. The van der Waals surface area contributed by atoms with Crippen molar-refractivity contribution in [2.75, 3.05) is 33.8 Å². The summed E-state index contributed by atoms with van der Waals surface area (Å²) in [4.78, 5) is 17.9. The number of methoxy groups -OCH3 is 1. The van der Waals surface area contributed by atoms with Gasteiger partial charge < -0.3 is 20.3 Å². The smallest absolute Gasteiger partial charge is 0.241 e. The molecule has 122 valence electrons. The van der Waals surface area contributed by atoms with Crippen LogP contribution in [0.1, 0.15) is 19.4 Å². The Hall–Kier alpha value is -2.24. The Morgan fingerprint density at radius 2 is 1.91 bits per heavy atom. The molecule has 0 aromatic heterocycles. The zero-order valence-electron chi connectivity index (χ0n) is 13.8. The van der Waals surface area contributed by atoms with Gasteiger partial charge in [-0.2, -0.15) is 0 Å². The number of para-hydroxylation sites is 1. The lowest BCUT2D eigenvalue weighted by molar-refractivity contribution is -0.119. The van der Waals surface area contributed by atoms with Crippen molar-refractivity contribution in [2.45, 2.75) is 20.4 Å². The Balaban J connectivity index is 2.77. The molecule has 1 amide bonds. The van der Waals surface area contributed by atoms with Gasteiger partial charge in [0.05, 0.1) is 7.11 Å². The quantitative estimate of drug-likeness (QED) is 0.587. The van der Waals surface area contributed by atoms with Crippen molar-refractivity contribution in [2.24, 2.45) is 4.99 Å². The molecule has 0 aliphatic rings. The van der Waals surface area contributed by atoms with E-state index in [9.17, 15) is 4.79 Å². The number of aliphatic imine (C=N–C) groups is 1. The summed E-state index contributed by atoms with van der Waals surface area (Å²) in [6.07, 6.45) is 0. The van der Waals surface area contributed by atoms with Gasteiger partial charge in [-0.1, -0.05) is 18.2 Å². The van der Waals surface area contributed by atoms with Crippen molar-refractivity contribution in [3.8, 4) is 5.75 Å². The number of guanidine groups is 1. The van der Waals surface area contributed by atoms with Gasteiger partial charge in [-0.15, -0.1) is 0 Å². The molecule has 0 heterocycles. The number of carbonyl (C=O) groups is 1. The summed E-state index contributed by atoms with van der Waals surface area (Å²) in [7, 11) is 3.60. The van der Waals surface area contributed by atoms with Gasteiger partial charge in [0.15, 0.2) is 5.96 Å². The largest absolute Gasteiger partial charge is 0.496 e. The lowest BCUT2D eigenvalue weighted by Gasteiger charge is -2.23. The minimum atomic E-state index is -0.0800. The number of benzene rings is 1. The second-order valence-electron chi connectivity index (χ2n) is 4.79. The fraction of sp³-hybridized carbons (Fsp3) is 0.500. The molecule has 0 atom stereocenters. The molecule has 0 saturated heterocycles. The van der Waals surface area contributed by atoms with E-state index in [1.807, 2.05) is 50.1 Å². The number of ether oxygens (including phenoxy) is 1. The van der Waals surface area contributed by atoms with E-state index in [1.165, 1.54) is 0 Å². The summed E-state index contributed by atoms with van der Waals surface area (Å²) in [5.74, 6) is 1.46. The van der Waals surface area contributed by atoms with Crippen LogP contribution in [0.2, 0.25) is 0 Å². The van der Waals surface area contributed by atoms with Crippen LogP contribution in [-0.4, -0.2) is 50.6 Å². The van der Waals surface area contributed by atoms with E-state index in [2.05, 4.69) is 15.6 Å². The standard InChI is InChI=1S/C16H26N4O2/c1-5-17-15(21)11-19-16(18-6-2)20(3)12-13-9-7-8-10-14(13)22-4/h7-10H,5-6,11-12H2,1-4H3,(H,17,21)(H,18,19). The highest BCUT2D eigenvalue weighted by atomic mass is 16.5. The average Bonchev–Trinajstić information content (AvgIpc) is 2.52. The number of amides is 1. The van der Waals surface area contributed by atoms with Crippen molar-refractivity contribution in [1.82, 2.24) is 15.5 Å². The van der Waals surface area contributed by atoms with Crippen LogP contribution in [0, 0.1) is 0 Å². The summed E-state index contributed by atoms with van der Waals surface area (Å²) in [5.41, 5.74) is 1.07. The fourth-order valence-corrected chi connectivity index (χ4v) is 2.03. The fourth-order valence-electron chi connectivity index (χ4n) is 2.03. The van der Waals surface area contributed by atoms with Crippen molar-refractivity contribution in [3.63, 3.8) is 0 Å². The Labute approximate surface area is 132 Å². The van der Waals surface area contributed by atoms with Crippen LogP contribution in [0.5, 0.6) is 5.75 Å². The highest BCUT2D eigenvalue weighted by molar-refractivity contribution is 5.84. The van der Waals surface area contributed by atoms with E-state index in [4.69, 9.17) is 4.74 Å². The molecule has 0 aliphatic carbocycles. The highest BCUT2D eigenvalue weighted by Crippen LogP contribution is 2.18. The van der Waals surface area contributed by atoms with E-state index in [0.29, 0.717) is 19.0 Å². The van der Waals surface area contributed by atoms with Crippen molar-refractivity contribution in [3.05, 3.63) is 29.8 Å². The molecule has 22 heavy (non-hydrogen) atoms. The third-order valence-corrected chi connectivity index (χ3v) is 3.04. The normalized spacial score (nSPS) is 11.0.